The van der Waals surface area contributed by atoms with Crippen molar-refractivity contribution in [3.05, 3.63) is 67.3 Å². The fraction of sp³-hybridized carbons (Fsp3) is 0.304. The highest BCUT2D eigenvalue weighted by atomic mass is 32.2. The van der Waals surface area contributed by atoms with Gasteiger partial charge in [-0.1, -0.05) is 24.8 Å². The Hall–Kier alpha value is -2.51. The fourth-order valence-corrected chi connectivity index (χ4v) is 5.62. The van der Waals surface area contributed by atoms with Gasteiger partial charge in [-0.15, -0.1) is 21.5 Å². The number of aromatic nitrogens is 3. The first-order valence-corrected chi connectivity index (χ1v) is 11.5. The van der Waals surface area contributed by atoms with Crippen molar-refractivity contribution in [2.45, 2.75) is 47.0 Å². The second kappa shape index (κ2) is 7.96. The SMILES string of the molecule is CCc1nnc([C@@H]2C(=N)S/C(=C\c3cc(C)n(-c4ccc(C)c(C)c4)c3C)C2=O)s1. The van der Waals surface area contributed by atoms with Crippen LogP contribution in [0.15, 0.2) is 29.2 Å². The third kappa shape index (κ3) is 3.56. The summed E-state index contributed by atoms with van der Waals surface area (Å²) in [6.07, 6.45) is 2.70. The van der Waals surface area contributed by atoms with E-state index in [0.29, 0.717) is 15.0 Å². The minimum Gasteiger partial charge on any atom is -0.318 e. The van der Waals surface area contributed by atoms with Crippen LogP contribution in [0.4, 0.5) is 0 Å². The van der Waals surface area contributed by atoms with E-state index in [4.69, 9.17) is 5.41 Å². The third-order valence-electron chi connectivity index (χ3n) is 5.52. The van der Waals surface area contributed by atoms with Gasteiger partial charge in [0.2, 0.25) is 0 Å². The number of rotatable bonds is 4. The molecule has 7 heteroatoms. The average Bonchev–Trinajstić information content (AvgIpc) is 3.35. The minimum atomic E-state index is -0.609. The molecule has 1 N–H and O–H groups in total. The number of hydrogen-bond donors (Lipinski definition) is 1. The lowest BCUT2D eigenvalue weighted by molar-refractivity contribution is -0.114. The predicted octanol–water partition coefficient (Wildman–Crippen LogP) is 5.54. The van der Waals surface area contributed by atoms with E-state index in [1.807, 2.05) is 13.0 Å². The zero-order chi connectivity index (χ0) is 21.6. The Morgan fingerprint density at radius 2 is 1.90 bits per heavy atom. The molecule has 0 amide bonds. The summed E-state index contributed by atoms with van der Waals surface area (Å²) in [4.78, 5) is 13.7. The van der Waals surface area contributed by atoms with Gasteiger partial charge in [0.1, 0.15) is 15.9 Å². The van der Waals surface area contributed by atoms with Crippen LogP contribution < -0.4 is 0 Å². The van der Waals surface area contributed by atoms with Gasteiger partial charge in [0.05, 0.1) is 9.95 Å². The first-order chi connectivity index (χ1) is 14.3. The summed E-state index contributed by atoms with van der Waals surface area (Å²) in [5, 5.41) is 18.5. The minimum absolute atomic E-state index is 0.0558. The van der Waals surface area contributed by atoms with Gasteiger partial charge in [0.15, 0.2) is 5.78 Å². The van der Waals surface area contributed by atoms with E-state index in [1.54, 1.807) is 0 Å². The zero-order valence-electron chi connectivity index (χ0n) is 17.7. The van der Waals surface area contributed by atoms with Crippen LogP contribution in [0.2, 0.25) is 0 Å². The Morgan fingerprint density at radius 1 is 1.13 bits per heavy atom. The van der Waals surface area contributed by atoms with Gasteiger partial charge in [0, 0.05) is 17.1 Å². The smallest absolute Gasteiger partial charge is 0.186 e. The number of nitrogens with zero attached hydrogens (tertiary/aromatic N) is 3. The summed E-state index contributed by atoms with van der Waals surface area (Å²) in [6.45, 7) is 10.4. The predicted molar refractivity (Wildman–Crippen MR) is 125 cm³/mol. The van der Waals surface area contributed by atoms with Crippen LogP contribution in [0.3, 0.4) is 0 Å². The second-order valence-electron chi connectivity index (χ2n) is 7.59. The summed E-state index contributed by atoms with van der Waals surface area (Å²) in [5.74, 6) is -0.665. The first-order valence-electron chi connectivity index (χ1n) is 9.91. The monoisotopic (exact) mass is 436 g/mol. The number of Topliss-reactive ketones (excluding diaryl/α,β-unsaturated/α-hetero) is 1. The number of aryl methyl sites for hydroxylation is 4. The molecule has 5 nitrogen and oxygen atoms in total. The Morgan fingerprint density at radius 3 is 2.57 bits per heavy atom. The molecule has 1 fully saturated rings. The highest BCUT2D eigenvalue weighted by Gasteiger charge is 2.39. The van der Waals surface area contributed by atoms with Crippen LogP contribution in [-0.4, -0.2) is 25.6 Å². The molecule has 30 heavy (non-hydrogen) atoms. The summed E-state index contributed by atoms with van der Waals surface area (Å²) in [7, 11) is 0. The van der Waals surface area contributed by atoms with Gasteiger partial charge in [-0.2, -0.15) is 0 Å². The molecule has 4 rings (SSSR count). The molecule has 3 aromatic rings. The molecule has 1 aliphatic rings. The summed E-state index contributed by atoms with van der Waals surface area (Å²) >= 11 is 2.66. The van der Waals surface area contributed by atoms with Crippen LogP contribution in [0.25, 0.3) is 11.8 Å². The quantitative estimate of drug-likeness (QED) is 0.545. The molecule has 0 spiro atoms. The van der Waals surface area contributed by atoms with Gasteiger partial charge >= 0.3 is 0 Å². The Kier molecular flexibility index (Phi) is 5.51. The van der Waals surface area contributed by atoms with Gasteiger partial charge in [0.25, 0.3) is 0 Å². The van der Waals surface area contributed by atoms with Gasteiger partial charge in [-0.3, -0.25) is 10.2 Å². The Labute approximate surface area is 184 Å². The summed E-state index contributed by atoms with van der Waals surface area (Å²) < 4.78 is 2.21. The number of hydrogen-bond acceptors (Lipinski definition) is 6. The maximum Gasteiger partial charge on any atom is 0.186 e. The zero-order valence-corrected chi connectivity index (χ0v) is 19.4. The van der Waals surface area contributed by atoms with Crippen molar-refractivity contribution >= 4 is 40.0 Å². The maximum absolute atomic E-state index is 13.1. The van der Waals surface area contributed by atoms with E-state index in [2.05, 4.69) is 66.7 Å². The van der Waals surface area contributed by atoms with E-state index in [9.17, 15) is 4.79 Å². The maximum atomic E-state index is 13.1. The largest absolute Gasteiger partial charge is 0.318 e. The van der Waals surface area contributed by atoms with E-state index < -0.39 is 5.92 Å². The highest BCUT2D eigenvalue weighted by Crippen LogP contribution is 2.42. The van der Waals surface area contributed by atoms with Gasteiger partial charge in [-0.25, -0.2) is 0 Å². The number of nitrogens with one attached hydrogen (secondary N) is 1. The molecule has 0 saturated carbocycles. The lowest BCUT2D eigenvalue weighted by Gasteiger charge is -2.11. The molecule has 1 aliphatic heterocycles. The second-order valence-corrected chi connectivity index (χ2v) is 9.77. The van der Waals surface area contributed by atoms with Gasteiger partial charge in [-0.05, 0) is 75.1 Å². The lowest BCUT2D eigenvalue weighted by Crippen LogP contribution is -2.11. The molecule has 1 atom stereocenters. The highest BCUT2D eigenvalue weighted by molar-refractivity contribution is 8.19. The molecule has 3 heterocycles. The average molecular weight is 437 g/mol. The van der Waals surface area contributed by atoms with E-state index in [1.165, 1.54) is 34.2 Å². The Balaban J connectivity index is 1.69. The summed E-state index contributed by atoms with van der Waals surface area (Å²) in [5.41, 5.74) is 6.83. The van der Waals surface area contributed by atoms with Crippen LogP contribution in [0, 0.1) is 33.1 Å². The molecule has 1 aromatic carbocycles. The third-order valence-corrected chi connectivity index (χ3v) is 7.65. The molecule has 1 saturated heterocycles. The fourth-order valence-electron chi connectivity index (χ4n) is 3.68. The van der Waals surface area contributed by atoms with Crippen molar-refractivity contribution < 1.29 is 4.79 Å². The van der Waals surface area contributed by atoms with Gasteiger partial charge < -0.3 is 4.57 Å². The molecule has 2 aromatic heterocycles. The number of benzene rings is 1. The summed E-state index contributed by atoms with van der Waals surface area (Å²) in [6, 6.07) is 8.55. The molecule has 0 bridgehead atoms. The van der Waals surface area contributed by atoms with Crippen molar-refractivity contribution in [1.82, 2.24) is 14.8 Å². The molecular formula is C23H24N4OS2. The van der Waals surface area contributed by atoms with Crippen LogP contribution in [-0.2, 0) is 11.2 Å². The number of carbonyl (C=O) groups excluding carboxylic acids is 1. The van der Waals surface area contributed by atoms with E-state index >= 15 is 0 Å². The number of ketones is 1. The van der Waals surface area contributed by atoms with Crippen molar-refractivity contribution in [1.29, 1.82) is 5.41 Å². The molecule has 0 aliphatic carbocycles. The number of thioether (sulfide) groups is 1. The van der Waals surface area contributed by atoms with Crippen LogP contribution >= 0.6 is 23.1 Å². The number of carbonyl (C=O) groups is 1. The number of allylic oxidation sites excluding steroid dienone is 1. The van der Waals surface area contributed by atoms with Crippen molar-refractivity contribution in [2.24, 2.45) is 0 Å². The normalized spacial score (nSPS) is 18.0. The molecular weight excluding hydrogens is 412 g/mol. The lowest BCUT2D eigenvalue weighted by atomic mass is 10.1. The Bertz CT molecular complexity index is 1200. The standard InChI is InChI=1S/C23H24N4OS2/c1-6-19-25-26-23(30-19)20-21(28)18(29-22(20)24)11-16-10-14(4)27(15(16)5)17-8-7-12(2)13(3)9-17/h7-11,20,24H,6H2,1-5H3/b18-11-,24-22?/t20-/m0/s1. The molecule has 0 radical (unpaired) electrons. The van der Waals surface area contributed by atoms with E-state index in [0.717, 1.165) is 34.1 Å². The van der Waals surface area contributed by atoms with Crippen LogP contribution in [0.5, 0.6) is 0 Å². The van der Waals surface area contributed by atoms with E-state index in [-0.39, 0.29) is 5.78 Å². The molecule has 154 valence electrons. The van der Waals surface area contributed by atoms with Crippen molar-refractivity contribution in [3.63, 3.8) is 0 Å². The van der Waals surface area contributed by atoms with Crippen molar-refractivity contribution in [3.8, 4) is 5.69 Å². The van der Waals surface area contributed by atoms with Crippen LogP contribution in [0.1, 0.15) is 50.9 Å². The van der Waals surface area contributed by atoms with Crippen molar-refractivity contribution in [2.75, 3.05) is 0 Å². The topological polar surface area (TPSA) is 71.6 Å². The molecule has 0 unspecified atom stereocenters. The first kappa shape index (κ1) is 20.8.